The van der Waals surface area contributed by atoms with Gasteiger partial charge in [-0.25, -0.2) is 4.98 Å². The minimum atomic E-state index is -0.242. The maximum atomic E-state index is 13.0. The van der Waals surface area contributed by atoms with Gasteiger partial charge in [0.1, 0.15) is 5.82 Å². The first-order chi connectivity index (χ1) is 17.1. The average molecular weight is 464 g/mol. The SMILES string of the molecule is Cc1ccnc(C=Cc2n[nH]c3cc(Nc4ccccc4C(=O)NC(C)c4ncc[nH]4)ccc23)c1. The highest BCUT2D eigenvalue weighted by atomic mass is 16.1. The van der Waals surface area contributed by atoms with Gasteiger partial charge in [-0.1, -0.05) is 12.1 Å². The maximum absolute atomic E-state index is 13.0. The molecule has 0 aliphatic carbocycles. The van der Waals surface area contributed by atoms with Gasteiger partial charge in [-0.2, -0.15) is 5.10 Å². The molecule has 3 aromatic heterocycles. The van der Waals surface area contributed by atoms with E-state index in [0.29, 0.717) is 17.1 Å². The number of hydrogen-bond acceptors (Lipinski definition) is 5. The van der Waals surface area contributed by atoms with Crippen molar-refractivity contribution in [1.82, 2.24) is 30.5 Å². The summed E-state index contributed by atoms with van der Waals surface area (Å²) in [6.07, 6.45) is 9.10. The number of amides is 1. The fourth-order valence-corrected chi connectivity index (χ4v) is 3.86. The fourth-order valence-electron chi connectivity index (χ4n) is 3.86. The van der Waals surface area contributed by atoms with Crippen LogP contribution in [0.25, 0.3) is 23.1 Å². The molecule has 0 bridgehead atoms. The Bertz CT molecular complexity index is 1500. The van der Waals surface area contributed by atoms with Crippen LogP contribution in [0, 0.1) is 6.92 Å². The number of rotatable bonds is 7. The zero-order valence-corrected chi connectivity index (χ0v) is 19.4. The van der Waals surface area contributed by atoms with Crippen molar-refractivity contribution in [1.29, 1.82) is 0 Å². The number of hydrogen-bond donors (Lipinski definition) is 4. The standard InChI is InChI=1S/C27H25N7O/c1-17-11-12-28-19(15-17)8-10-24-21-9-7-20(16-25(21)34-33-24)32-23-6-4-3-5-22(23)27(35)31-18(2)26-29-13-14-30-26/h3-16,18,32H,1-2H3,(H,29,30)(H,31,35)(H,33,34). The zero-order valence-electron chi connectivity index (χ0n) is 19.4. The van der Waals surface area contributed by atoms with E-state index in [0.717, 1.165) is 33.5 Å². The molecule has 5 rings (SSSR count). The van der Waals surface area contributed by atoms with Crippen LogP contribution < -0.4 is 10.6 Å². The van der Waals surface area contributed by atoms with E-state index in [2.05, 4.69) is 35.8 Å². The van der Waals surface area contributed by atoms with Crippen LogP contribution in [-0.4, -0.2) is 31.1 Å². The topological polar surface area (TPSA) is 111 Å². The number of aryl methyl sites for hydroxylation is 1. The Labute approximate surface area is 202 Å². The van der Waals surface area contributed by atoms with Crippen LogP contribution in [0.3, 0.4) is 0 Å². The molecule has 1 amide bonds. The normalized spacial score (nSPS) is 12.2. The van der Waals surface area contributed by atoms with Gasteiger partial charge in [0.05, 0.1) is 34.2 Å². The number of imidazole rings is 1. The van der Waals surface area contributed by atoms with Gasteiger partial charge < -0.3 is 15.6 Å². The number of aromatic nitrogens is 5. The van der Waals surface area contributed by atoms with Gasteiger partial charge in [0.2, 0.25) is 0 Å². The Morgan fingerprint density at radius 3 is 2.74 bits per heavy atom. The lowest BCUT2D eigenvalue weighted by Gasteiger charge is -2.15. The molecular formula is C27H25N7O. The summed E-state index contributed by atoms with van der Waals surface area (Å²) in [5, 5.41) is 14.9. The second-order valence-corrected chi connectivity index (χ2v) is 8.30. The summed E-state index contributed by atoms with van der Waals surface area (Å²) in [5.41, 5.74) is 5.87. The van der Waals surface area contributed by atoms with Gasteiger partial charge >= 0.3 is 0 Å². The highest BCUT2D eigenvalue weighted by Crippen LogP contribution is 2.26. The number of para-hydroxylation sites is 1. The number of nitrogens with zero attached hydrogens (tertiary/aromatic N) is 3. The van der Waals surface area contributed by atoms with E-state index < -0.39 is 0 Å². The van der Waals surface area contributed by atoms with Crippen molar-refractivity contribution in [3.63, 3.8) is 0 Å². The second-order valence-electron chi connectivity index (χ2n) is 8.30. The monoisotopic (exact) mass is 463 g/mol. The maximum Gasteiger partial charge on any atom is 0.253 e. The van der Waals surface area contributed by atoms with Crippen LogP contribution in [0.5, 0.6) is 0 Å². The van der Waals surface area contributed by atoms with Crippen LogP contribution in [0.1, 0.15) is 46.1 Å². The van der Waals surface area contributed by atoms with E-state index in [-0.39, 0.29) is 11.9 Å². The molecule has 8 nitrogen and oxygen atoms in total. The molecule has 0 fully saturated rings. The number of aromatic amines is 2. The number of pyridine rings is 1. The first-order valence-corrected chi connectivity index (χ1v) is 11.3. The Morgan fingerprint density at radius 1 is 1.03 bits per heavy atom. The molecular weight excluding hydrogens is 438 g/mol. The summed E-state index contributed by atoms with van der Waals surface area (Å²) in [7, 11) is 0. The Hall–Kier alpha value is -4.72. The van der Waals surface area contributed by atoms with E-state index in [1.807, 2.05) is 74.5 Å². The minimum Gasteiger partial charge on any atom is -0.355 e. The molecule has 1 unspecified atom stereocenters. The second kappa shape index (κ2) is 9.64. The molecule has 0 saturated heterocycles. The van der Waals surface area contributed by atoms with Crippen molar-refractivity contribution < 1.29 is 4.79 Å². The van der Waals surface area contributed by atoms with Crippen LogP contribution in [-0.2, 0) is 0 Å². The van der Waals surface area contributed by atoms with Gasteiger partial charge in [-0.3, -0.25) is 14.9 Å². The predicted molar refractivity (Wildman–Crippen MR) is 138 cm³/mol. The van der Waals surface area contributed by atoms with Crippen molar-refractivity contribution in [2.24, 2.45) is 0 Å². The Kier molecular flexibility index (Phi) is 6.09. The van der Waals surface area contributed by atoms with Crippen molar-refractivity contribution in [3.05, 3.63) is 102 Å². The van der Waals surface area contributed by atoms with E-state index in [4.69, 9.17) is 0 Å². The average Bonchev–Trinajstić information content (AvgIpc) is 3.53. The number of H-pyrrole nitrogens is 2. The minimum absolute atomic E-state index is 0.184. The van der Waals surface area contributed by atoms with Crippen LogP contribution in [0.4, 0.5) is 11.4 Å². The summed E-state index contributed by atoms with van der Waals surface area (Å²) in [4.78, 5) is 24.6. The summed E-state index contributed by atoms with van der Waals surface area (Å²) in [6.45, 7) is 3.93. The molecule has 35 heavy (non-hydrogen) atoms. The van der Waals surface area contributed by atoms with Crippen molar-refractivity contribution in [3.8, 4) is 0 Å². The van der Waals surface area contributed by atoms with Crippen LogP contribution in [0.15, 0.2) is 73.2 Å². The first-order valence-electron chi connectivity index (χ1n) is 11.3. The third-order valence-electron chi connectivity index (χ3n) is 5.67. The fraction of sp³-hybridized carbons (Fsp3) is 0.111. The number of nitrogens with one attached hydrogen (secondary N) is 4. The molecule has 4 N–H and O–H groups in total. The lowest BCUT2D eigenvalue weighted by atomic mass is 10.1. The van der Waals surface area contributed by atoms with E-state index in [9.17, 15) is 4.79 Å². The number of benzene rings is 2. The van der Waals surface area contributed by atoms with Gasteiger partial charge in [0, 0.05) is 29.7 Å². The van der Waals surface area contributed by atoms with Gasteiger partial charge in [0.25, 0.3) is 5.91 Å². The van der Waals surface area contributed by atoms with E-state index >= 15 is 0 Å². The smallest absolute Gasteiger partial charge is 0.253 e. The summed E-state index contributed by atoms with van der Waals surface area (Å²) >= 11 is 0. The number of fused-ring (bicyclic) bond motifs is 1. The van der Waals surface area contributed by atoms with E-state index in [1.165, 1.54) is 0 Å². The van der Waals surface area contributed by atoms with Crippen LogP contribution in [0.2, 0.25) is 0 Å². The molecule has 5 aromatic rings. The Morgan fingerprint density at radius 2 is 1.91 bits per heavy atom. The molecule has 174 valence electrons. The first kappa shape index (κ1) is 22.1. The lowest BCUT2D eigenvalue weighted by molar-refractivity contribution is 0.0939. The summed E-state index contributed by atoms with van der Waals surface area (Å²) < 4.78 is 0. The molecule has 0 aliphatic heterocycles. The quantitative estimate of drug-likeness (QED) is 0.258. The zero-order chi connectivity index (χ0) is 24.2. The molecule has 0 spiro atoms. The van der Waals surface area contributed by atoms with Crippen LogP contribution >= 0.6 is 0 Å². The van der Waals surface area contributed by atoms with Gasteiger partial charge in [-0.05, 0) is 74.0 Å². The Balaban J connectivity index is 1.34. The van der Waals surface area contributed by atoms with Crippen molar-refractivity contribution in [2.75, 3.05) is 5.32 Å². The van der Waals surface area contributed by atoms with Crippen molar-refractivity contribution in [2.45, 2.75) is 19.9 Å². The summed E-state index contributed by atoms with van der Waals surface area (Å²) in [5.74, 6) is 0.522. The molecule has 1 atom stereocenters. The molecule has 0 saturated carbocycles. The molecule has 3 heterocycles. The highest BCUT2D eigenvalue weighted by molar-refractivity contribution is 6.01. The van der Waals surface area contributed by atoms with E-state index in [1.54, 1.807) is 24.7 Å². The number of carbonyl (C=O) groups is 1. The lowest BCUT2D eigenvalue weighted by Crippen LogP contribution is -2.27. The van der Waals surface area contributed by atoms with Crippen molar-refractivity contribution >= 4 is 40.3 Å². The highest BCUT2D eigenvalue weighted by Gasteiger charge is 2.16. The molecule has 2 aromatic carbocycles. The molecule has 8 heteroatoms. The predicted octanol–water partition coefficient (Wildman–Crippen LogP) is 5.39. The number of carbonyl (C=O) groups excluding carboxylic acids is 1. The summed E-state index contributed by atoms with van der Waals surface area (Å²) in [6, 6.07) is 17.1. The number of anilines is 2. The third kappa shape index (κ3) is 4.96. The van der Waals surface area contributed by atoms with Gasteiger partial charge in [0.15, 0.2) is 0 Å². The molecule has 0 radical (unpaired) electrons. The largest absolute Gasteiger partial charge is 0.355 e. The molecule has 0 aliphatic rings. The third-order valence-corrected chi connectivity index (χ3v) is 5.67. The van der Waals surface area contributed by atoms with Gasteiger partial charge in [-0.15, -0.1) is 0 Å².